The fourth-order valence-corrected chi connectivity index (χ4v) is 7.63. The summed E-state index contributed by atoms with van der Waals surface area (Å²) in [4.78, 5) is 29.8. The van der Waals surface area contributed by atoms with Gasteiger partial charge in [-0.3, -0.25) is 9.69 Å². The summed E-state index contributed by atoms with van der Waals surface area (Å²) in [5.74, 6) is 0.161. The van der Waals surface area contributed by atoms with Crippen molar-refractivity contribution in [1.82, 2.24) is 15.1 Å². The molecule has 0 heterocycles. The second kappa shape index (κ2) is 45.5. The molecule has 0 spiro atoms. The summed E-state index contributed by atoms with van der Waals surface area (Å²) in [6.45, 7) is 12.4. The highest BCUT2D eigenvalue weighted by Gasteiger charge is 2.19. The van der Waals surface area contributed by atoms with Crippen molar-refractivity contribution in [3.8, 4) is 0 Å². The Morgan fingerprint density at radius 2 is 0.912 bits per heavy atom. The van der Waals surface area contributed by atoms with Crippen molar-refractivity contribution >= 4 is 12.1 Å². The van der Waals surface area contributed by atoms with Gasteiger partial charge < -0.3 is 19.7 Å². The van der Waals surface area contributed by atoms with Gasteiger partial charge in [0.25, 0.3) is 0 Å². The Labute approximate surface area is 356 Å². The second-order valence-electron chi connectivity index (χ2n) is 17.4. The van der Waals surface area contributed by atoms with E-state index in [0.717, 1.165) is 71.1 Å². The number of allylic oxidation sites excluding steroid dienone is 2. The summed E-state index contributed by atoms with van der Waals surface area (Å²) in [6.07, 6.45) is 45.5. The van der Waals surface area contributed by atoms with E-state index in [1.54, 1.807) is 0 Å². The van der Waals surface area contributed by atoms with Gasteiger partial charge in [0.15, 0.2) is 0 Å². The quantitative estimate of drug-likeness (QED) is 0.0375. The molecule has 7 heteroatoms. The molecule has 57 heavy (non-hydrogen) atoms. The zero-order valence-corrected chi connectivity index (χ0v) is 39.0. The number of rotatable bonds is 45. The van der Waals surface area contributed by atoms with Crippen molar-refractivity contribution in [3.05, 3.63) is 12.2 Å². The van der Waals surface area contributed by atoms with E-state index < -0.39 is 0 Å². The smallest absolute Gasteiger partial charge is 0.407 e. The summed E-state index contributed by atoms with van der Waals surface area (Å²) in [7, 11) is 4.10. The van der Waals surface area contributed by atoms with Gasteiger partial charge >= 0.3 is 12.1 Å². The van der Waals surface area contributed by atoms with E-state index in [9.17, 15) is 9.59 Å². The second-order valence-corrected chi connectivity index (χ2v) is 17.4. The number of nitrogens with zero attached hydrogens (tertiary/aromatic N) is 2. The van der Waals surface area contributed by atoms with Crippen molar-refractivity contribution in [3.63, 3.8) is 0 Å². The lowest BCUT2D eigenvalue weighted by molar-refractivity contribution is -0.149. The molecule has 0 aliphatic heterocycles. The van der Waals surface area contributed by atoms with Gasteiger partial charge in [-0.05, 0) is 97.9 Å². The van der Waals surface area contributed by atoms with Crippen LogP contribution in [0.15, 0.2) is 12.2 Å². The molecule has 0 radical (unpaired) electrons. The van der Waals surface area contributed by atoms with Crippen molar-refractivity contribution in [1.29, 1.82) is 0 Å². The van der Waals surface area contributed by atoms with Crippen LogP contribution < -0.4 is 5.32 Å². The Hall–Kier alpha value is -1.60. The fraction of sp³-hybridized carbons (Fsp3) is 0.920. The molecule has 1 unspecified atom stereocenters. The maximum absolute atomic E-state index is 13.0. The number of nitrogens with one attached hydrogen (secondary N) is 1. The summed E-state index contributed by atoms with van der Waals surface area (Å²) < 4.78 is 11.4. The van der Waals surface area contributed by atoms with Crippen LogP contribution >= 0.6 is 0 Å². The van der Waals surface area contributed by atoms with Crippen LogP contribution in [-0.4, -0.2) is 81.9 Å². The minimum absolute atomic E-state index is 0.0627. The van der Waals surface area contributed by atoms with Crippen molar-refractivity contribution in [2.45, 2.75) is 233 Å². The molecule has 0 aliphatic rings. The van der Waals surface area contributed by atoms with Gasteiger partial charge in [-0.15, -0.1) is 0 Å². The number of carbonyl (C=O) groups is 2. The Balaban J connectivity index is 4.34. The number of esters is 1. The number of unbranched alkanes of at least 4 members (excludes halogenated alkanes) is 25. The van der Waals surface area contributed by atoms with E-state index in [-0.39, 0.29) is 18.0 Å². The zero-order valence-electron chi connectivity index (χ0n) is 39.0. The van der Waals surface area contributed by atoms with Gasteiger partial charge in [0, 0.05) is 13.1 Å². The molecule has 7 nitrogen and oxygen atoms in total. The lowest BCUT2D eigenvalue weighted by Crippen LogP contribution is -2.33. The maximum Gasteiger partial charge on any atom is 0.407 e. The minimum Gasteiger partial charge on any atom is -0.465 e. The molecule has 0 aliphatic carbocycles. The fourth-order valence-electron chi connectivity index (χ4n) is 7.63. The first kappa shape index (κ1) is 55.4. The average molecular weight is 806 g/mol. The Kier molecular flexibility index (Phi) is 44.2. The molecule has 0 saturated carbocycles. The molecule has 0 fully saturated rings. The average Bonchev–Trinajstić information content (AvgIpc) is 3.20. The van der Waals surface area contributed by atoms with Crippen molar-refractivity contribution in [2.75, 3.05) is 60.0 Å². The first-order valence-electron chi connectivity index (χ1n) is 25.0. The van der Waals surface area contributed by atoms with E-state index in [2.05, 4.69) is 48.0 Å². The lowest BCUT2D eigenvalue weighted by Gasteiger charge is -2.22. The largest absolute Gasteiger partial charge is 0.465 e. The van der Waals surface area contributed by atoms with Crippen molar-refractivity contribution < 1.29 is 19.1 Å². The van der Waals surface area contributed by atoms with E-state index in [1.807, 2.05) is 14.1 Å². The van der Waals surface area contributed by atoms with E-state index in [0.29, 0.717) is 19.8 Å². The predicted molar refractivity (Wildman–Crippen MR) is 247 cm³/mol. The first-order valence-corrected chi connectivity index (χ1v) is 25.0. The van der Waals surface area contributed by atoms with E-state index >= 15 is 0 Å². The van der Waals surface area contributed by atoms with Crippen LogP contribution in [0.1, 0.15) is 233 Å². The number of hydrogen-bond donors (Lipinski definition) is 1. The monoisotopic (exact) mass is 806 g/mol. The zero-order chi connectivity index (χ0) is 41.7. The molecule has 0 saturated heterocycles. The molecule has 0 aromatic rings. The molecule has 0 aromatic heterocycles. The topological polar surface area (TPSA) is 71.1 Å². The van der Waals surface area contributed by atoms with Gasteiger partial charge in [-0.25, -0.2) is 4.79 Å². The lowest BCUT2D eigenvalue weighted by atomic mass is 9.94. The Bertz CT molecular complexity index is 867. The van der Waals surface area contributed by atoms with Crippen LogP contribution in [0.2, 0.25) is 0 Å². The molecule has 0 rings (SSSR count). The number of carbonyl (C=O) groups excluding carboxylic acids is 2. The number of ether oxygens (including phenoxy) is 2. The minimum atomic E-state index is -0.295. The van der Waals surface area contributed by atoms with E-state index in [4.69, 9.17) is 9.47 Å². The van der Waals surface area contributed by atoms with Gasteiger partial charge in [0.1, 0.15) is 6.61 Å². The van der Waals surface area contributed by atoms with Crippen LogP contribution in [0, 0.1) is 5.92 Å². The van der Waals surface area contributed by atoms with E-state index in [1.165, 1.54) is 167 Å². The number of alkyl carbamates (subject to hydrolysis) is 1. The third-order valence-electron chi connectivity index (χ3n) is 11.4. The van der Waals surface area contributed by atoms with Gasteiger partial charge in [-0.2, -0.15) is 0 Å². The molecule has 1 amide bonds. The molecule has 0 aromatic carbocycles. The third kappa shape index (κ3) is 42.3. The summed E-state index contributed by atoms with van der Waals surface area (Å²) in [5.41, 5.74) is 0. The number of amides is 1. The van der Waals surface area contributed by atoms with Gasteiger partial charge in [-0.1, -0.05) is 181 Å². The normalized spacial score (nSPS) is 12.3. The first-order chi connectivity index (χ1) is 27.9. The summed E-state index contributed by atoms with van der Waals surface area (Å²) >= 11 is 0. The predicted octanol–water partition coefficient (Wildman–Crippen LogP) is 14.2. The molecule has 1 atom stereocenters. The van der Waals surface area contributed by atoms with Crippen LogP contribution in [0.5, 0.6) is 0 Å². The summed E-state index contributed by atoms with van der Waals surface area (Å²) in [5, 5.41) is 2.90. The standard InChI is InChI=1S/C50H99N3O4/c1-6-9-12-15-17-18-19-20-21-22-23-24-25-26-30-35-43-53(45-47-57-50(55)51-41-38-42-52(4)5)44-36-31-27-28-32-37-46-56-49(54)48(39-33-14-11-8-3)40-34-29-16-13-10-7-2/h20-21,48H,6-19,22-47H2,1-5H3,(H,51,55)/b21-20-. The highest BCUT2D eigenvalue weighted by atomic mass is 16.5. The number of hydrogen-bond acceptors (Lipinski definition) is 6. The van der Waals surface area contributed by atoms with Crippen LogP contribution in [0.4, 0.5) is 4.79 Å². The molecule has 338 valence electrons. The van der Waals surface area contributed by atoms with Gasteiger partial charge in [0.2, 0.25) is 0 Å². The van der Waals surface area contributed by atoms with Crippen LogP contribution in [0.3, 0.4) is 0 Å². The summed E-state index contributed by atoms with van der Waals surface area (Å²) in [6, 6.07) is 0. The van der Waals surface area contributed by atoms with Crippen LogP contribution in [-0.2, 0) is 14.3 Å². The Morgan fingerprint density at radius 1 is 0.474 bits per heavy atom. The highest BCUT2D eigenvalue weighted by molar-refractivity contribution is 5.72. The Morgan fingerprint density at radius 3 is 1.42 bits per heavy atom. The third-order valence-corrected chi connectivity index (χ3v) is 11.4. The SMILES string of the molecule is CCCCCCCC/C=C\CCCCCCCCN(CCCCCCCCOC(=O)C(CCCCCC)CCCCCCCC)CCOC(=O)NCCCN(C)C. The maximum atomic E-state index is 13.0. The van der Waals surface area contributed by atoms with Crippen LogP contribution in [0.25, 0.3) is 0 Å². The molecule has 1 N–H and O–H groups in total. The molecular formula is C50H99N3O4. The molecule has 0 bridgehead atoms. The molecular weight excluding hydrogens is 707 g/mol. The highest BCUT2D eigenvalue weighted by Crippen LogP contribution is 2.21. The van der Waals surface area contributed by atoms with Crippen molar-refractivity contribution in [2.24, 2.45) is 5.92 Å². The van der Waals surface area contributed by atoms with Gasteiger partial charge in [0.05, 0.1) is 12.5 Å².